The molecule has 1 aromatic carbocycles. The number of rotatable bonds is 3. The molecule has 0 unspecified atom stereocenters. The van der Waals surface area contributed by atoms with Gasteiger partial charge in [0.15, 0.2) is 5.79 Å². The van der Waals surface area contributed by atoms with E-state index in [4.69, 9.17) is 9.47 Å². The fourth-order valence-electron chi connectivity index (χ4n) is 3.51. The molecule has 1 aromatic heterocycles. The quantitative estimate of drug-likeness (QED) is 0.898. The first kappa shape index (κ1) is 17.9. The highest BCUT2D eigenvalue weighted by molar-refractivity contribution is 5.92. The maximum Gasteiger partial charge on any atom is 0.274 e. The Morgan fingerprint density at radius 1 is 1.11 bits per heavy atom. The lowest BCUT2D eigenvalue weighted by Crippen LogP contribution is -2.47. The van der Waals surface area contributed by atoms with Gasteiger partial charge in [0.1, 0.15) is 11.5 Å². The van der Waals surface area contributed by atoms with Crippen molar-refractivity contribution >= 4 is 17.4 Å². The fourth-order valence-corrected chi connectivity index (χ4v) is 3.51. The first-order valence-corrected chi connectivity index (χ1v) is 9.28. The van der Waals surface area contributed by atoms with Gasteiger partial charge in [0, 0.05) is 31.6 Å². The Bertz CT molecular complexity index is 822. The van der Waals surface area contributed by atoms with Gasteiger partial charge in [-0.25, -0.2) is 9.97 Å². The summed E-state index contributed by atoms with van der Waals surface area (Å²) in [6.07, 6.45) is 4.52. The number of piperidine rings is 1. The summed E-state index contributed by atoms with van der Waals surface area (Å²) < 4.78 is 11.4. The lowest BCUT2D eigenvalue weighted by Gasteiger charge is -2.37. The molecule has 27 heavy (non-hydrogen) atoms. The number of hydrogen-bond acceptors (Lipinski definition) is 6. The molecule has 0 atom stereocenters. The van der Waals surface area contributed by atoms with Crippen LogP contribution in [0, 0.1) is 13.8 Å². The molecule has 1 spiro atoms. The Kier molecular flexibility index (Phi) is 4.80. The minimum Gasteiger partial charge on any atom is -0.347 e. The maximum absolute atomic E-state index is 12.7. The van der Waals surface area contributed by atoms with E-state index in [1.54, 1.807) is 11.1 Å². The molecule has 2 aliphatic heterocycles. The van der Waals surface area contributed by atoms with Gasteiger partial charge in [-0.2, -0.15) is 0 Å². The monoisotopic (exact) mass is 368 g/mol. The Labute approximate surface area is 158 Å². The summed E-state index contributed by atoms with van der Waals surface area (Å²) in [5, 5.41) is 3.26. The second-order valence-electron chi connectivity index (χ2n) is 7.13. The highest BCUT2D eigenvalue weighted by atomic mass is 16.7. The predicted molar refractivity (Wildman–Crippen MR) is 101 cm³/mol. The molecule has 2 aromatic rings. The van der Waals surface area contributed by atoms with Gasteiger partial charge in [0.05, 0.1) is 25.6 Å². The van der Waals surface area contributed by atoms with E-state index in [2.05, 4.69) is 33.5 Å². The molecule has 0 bridgehead atoms. The number of benzene rings is 1. The number of ether oxygens (including phenoxy) is 2. The Morgan fingerprint density at radius 2 is 1.85 bits per heavy atom. The highest BCUT2D eigenvalue weighted by Crippen LogP contribution is 2.31. The third kappa shape index (κ3) is 3.79. The van der Waals surface area contributed by atoms with Crippen LogP contribution in [0.3, 0.4) is 0 Å². The molecule has 0 aliphatic carbocycles. The van der Waals surface area contributed by atoms with Crippen LogP contribution < -0.4 is 5.32 Å². The molecule has 2 aliphatic rings. The normalized spacial score (nSPS) is 18.7. The molecule has 7 heteroatoms. The van der Waals surface area contributed by atoms with Gasteiger partial charge in [0.2, 0.25) is 0 Å². The first-order chi connectivity index (χ1) is 13.0. The number of aromatic nitrogens is 2. The first-order valence-electron chi connectivity index (χ1n) is 9.28. The van der Waals surface area contributed by atoms with Crippen LogP contribution in [-0.2, 0) is 9.47 Å². The van der Waals surface area contributed by atoms with E-state index in [-0.39, 0.29) is 5.91 Å². The van der Waals surface area contributed by atoms with E-state index in [1.165, 1.54) is 11.8 Å². The molecule has 4 rings (SSSR count). The summed E-state index contributed by atoms with van der Waals surface area (Å²) in [6, 6.07) is 6.19. The largest absolute Gasteiger partial charge is 0.347 e. The zero-order chi connectivity index (χ0) is 18.9. The van der Waals surface area contributed by atoms with Gasteiger partial charge in [0.25, 0.3) is 5.91 Å². The number of likely N-dealkylation sites (tertiary alicyclic amines) is 1. The van der Waals surface area contributed by atoms with Crippen LogP contribution >= 0.6 is 0 Å². The Morgan fingerprint density at radius 3 is 2.52 bits per heavy atom. The standard InChI is InChI=1S/C20H24N4O3/c1-14-3-4-15(2)16(11-14)23-18-13-21-17(12-22-18)19(25)24-7-5-20(6-8-24)26-9-10-27-20/h3-4,11-13H,5-10H2,1-2H3,(H,22,23). The van der Waals surface area contributed by atoms with E-state index in [0.29, 0.717) is 50.7 Å². The third-order valence-corrected chi connectivity index (χ3v) is 5.15. The topological polar surface area (TPSA) is 76.6 Å². The lowest BCUT2D eigenvalue weighted by molar-refractivity contribution is -0.181. The predicted octanol–water partition coefficient (Wildman–Crippen LogP) is 2.82. The van der Waals surface area contributed by atoms with Crippen molar-refractivity contribution in [2.75, 3.05) is 31.6 Å². The summed E-state index contributed by atoms with van der Waals surface area (Å²) in [6.45, 7) is 6.55. The van der Waals surface area contributed by atoms with Crippen molar-refractivity contribution < 1.29 is 14.3 Å². The third-order valence-electron chi connectivity index (χ3n) is 5.15. The zero-order valence-electron chi connectivity index (χ0n) is 15.7. The molecular weight excluding hydrogens is 344 g/mol. The van der Waals surface area contributed by atoms with Crippen molar-refractivity contribution in [2.24, 2.45) is 0 Å². The molecule has 0 saturated carbocycles. The molecular formula is C20H24N4O3. The second kappa shape index (κ2) is 7.25. The number of amides is 1. The van der Waals surface area contributed by atoms with Crippen LogP contribution in [0.15, 0.2) is 30.6 Å². The molecule has 7 nitrogen and oxygen atoms in total. The van der Waals surface area contributed by atoms with Crippen molar-refractivity contribution in [1.82, 2.24) is 14.9 Å². The lowest BCUT2D eigenvalue weighted by atomic mass is 10.0. The number of anilines is 2. The molecule has 1 amide bonds. The minimum atomic E-state index is -0.484. The van der Waals surface area contributed by atoms with Crippen LogP contribution in [0.1, 0.15) is 34.5 Å². The van der Waals surface area contributed by atoms with Gasteiger partial charge in [-0.05, 0) is 31.0 Å². The van der Waals surface area contributed by atoms with Gasteiger partial charge >= 0.3 is 0 Å². The summed E-state index contributed by atoms with van der Waals surface area (Å²) in [5.41, 5.74) is 3.63. The minimum absolute atomic E-state index is 0.103. The van der Waals surface area contributed by atoms with Crippen molar-refractivity contribution in [3.63, 3.8) is 0 Å². The molecule has 0 radical (unpaired) electrons. The summed E-state index contributed by atoms with van der Waals surface area (Å²) in [7, 11) is 0. The summed E-state index contributed by atoms with van der Waals surface area (Å²) in [5.74, 6) is 0.0290. The zero-order valence-corrected chi connectivity index (χ0v) is 15.7. The highest BCUT2D eigenvalue weighted by Gasteiger charge is 2.41. The van der Waals surface area contributed by atoms with Crippen LogP contribution in [0.2, 0.25) is 0 Å². The Balaban J connectivity index is 1.40. The van der Waals surface area contributed by atoms with Crippen molar-refractivity contribution in [3.05, 3.63) is 47.4 Å². The van der Waals surface area contributed by atoms with Gasteiger partial charge in [-0.3, -0.25) is 4.79 Å². The van der Waals surface area contributed by atoms with Crippen LogP contribution in [0.4, 0.5) is 11.5 Å². The van der Waals surface area contributed by atoms with Crippen LogP contribution in [0.5, 0.6) is 0 Å². The van der Waals surface area contributed by atoms with E-state index >= 15 is 0 Å². The van der Waals surface area contributed by atoms with Crippen LogP contribution in [-0.4, -0.2) is 52.9 Å². The summed E-state index contributed by atoms with van der Waals surface area (Å²) >= 11 is 0. The van der Waals surface area contributed by atoms with Crippen molar-refractivity contribution in [3.8, 4) is 0 Å². The van der Waals surface area contributed by atoms with E-state index in [9.17, 15) is 4.79 Å². The molecule has 1 N–H and O–H groups in total. The smallest absolute Gasteiger partial charge is 0.274 e. The van der Waals surface area contributed by atoms with Gasteiger partial charge in [-0.1, -0.05) is 12.1 Å². The molecule has 3 heterocycles. The number of carbonyl (C=O) groups is 1. The molecule has 2 fully saturated rings. The number of carbonyl (C=O) groups excluding carboxylic acids is 1. The molecule has 2 saturated heterocycles. The number of aryl methyl sites for hydroxylation is 2. The van der Waals surface area contributed by atoms with Gasteiger partial charge < -0.3 is 19.7 Å². The average Bonchev–Trinajstić information content (AvgIpc) is 3.13. The van der Waals surface area contributed by atoms with E-state index in [0.717, 1.165) is 11.3 Å². The van der Waals surface area contributed by atoms with E-state index in [1.807, 2.05) is 13.8 Å². The summed E-state index contributed by atoms with van der Waals surface area (Å²) in [4.78, 5) is 23.2. The average molecular weight is 368 g/mol. The van der Waals surface area contributed by atoms with Crippen molar-refractivity contribution in [2.45, 2.75) is 32.5 Å². The molecule has 142 valence electrons. The second-order valence-corrected chi connectivity index (χ2v) is 7.13. The number of hydrogen-bond donors (Lipinski definition) is 1. The maximum atomic E-state index is 12.7. The SMILES string of the molecule is Cc1ccc(C)c(Nc2cnc(C(=O)N3CCC4(CC3)OCCO4)cn2)c1. The van der Waals surface area contributed by atoms with Gasteiger partial charge in [-0.15, -0.1) is 0 Å². The van der Waals surface area contributed by atoms with Crippen LogP contribution in [0.25, 0.3) is 0 Å². The number of nitrogens with zero attached hydrogens (tertiary/aromatic N) is 3. The Hall–Kier alpha value is -2.51. The van der Waals surface area contributed by atoms with E-state index < -0.39 is 5.79 Å². The number of nitrogens with one attached hydrogen (secondary N) is 1. The fraction of sp³-hybridized carbons (Fsp3) is 0.450. The van der Waals surface area contributed by atoms with Crippen molar-refractivity contribution in [1.29, 1.82) is 0 Å².